The lowest BCUT2D eigenvalue weighted by Gasteiger charge is -2.24. The Morgan fingerprint density at radius 2 is 1.92 bits per heavy atom. The van der Waals surface area contributed by atoms with Gasteiger partial charge in [0.1, 0.15) is 6.04 Å². The highest BCUT2D eigenvalue weighted by Gasteiger charge is 2.38. The molecule has 1 aliphatic carbocycles. The molecule has 1 aromatic heterocycles. The van der Waals surface area contributed by atoms with Crippen molar-refractivity contribution in [3.63, 3.8) is 0 Å². The van der Waals surface area contributed by atoms with Crippen molar-refractivity contribution in [2.45, 2.75) is 83.8 Å². The Morgan fingerprint density at radius 3 is 2.44 bits per heavy atom. The topological polar surface area (TPSA) is 67.2 Å². The zero-order chi connectivity index (χ0) is 18.4. The van der Waals surface area contributed by atoms with Gasteiger partial charge >= 0.3 is 0 Å². The van der Waals surface area contributed by atoms with E-state index in [1.54, 1.807) is 4.90 Å². The molecule has 1 unspecified atom stereocenters. The molecule has 25 heavy (non-hydrogen) atoms. The number of hydrogen-bond acceptors (Lipinski definition) is 3. The van der Waals surface area contributed by atoms with Gasteiger partial charge in [-0.1, -0.05) is 13.8 Å². The van der Waals surface area contributed by atoms with Crippen molar-refractivity contribution in [3.05, 3.63) is 17.5 Å². The highest BCUT2D eigenvalue weighted by Crippen LogP contribution is 2.27. The summed E-state index contributed by atoms with van der Waals surface area (Å²) >= 11 is 0. The van der Waals surface area contributed by atoms with Gasteiger partial charge in [0.15, 0.2) is 5.69 Å². The van der Waals surface area contributed by atoms with Gasteiger partial charge in [-0.3, -0.25) is 14.3 Å². The fraction of sp³-hybridized carbons (Fsp3) is 0.737. The first kappa shape index (κ1) is 18.0. The van der Waals surface area contributed by atoms with E-state index in [1.165, 1.54) is 0 Å². The summed E-state index contributed by atoms with van der Waals surface area (Å²) in [6.45, 7) is 11.1. The van der Waals surface area contributed by atoms with E-state index >= 15 is 0 Å². The zero-order valence-corrected chi connectivity index (χ0v) is 16.0. The molecule has 1 aliphatic heterocycles. The zero-order valence-electron chi connectivity index (χ0n) is 16.0. The maximum absolute atomic E-state index is 13.0. The summed E-state index contributed by atoms with van der Waals surface area (Å²) < 4.78 is 1.94. The molecule has 1 saturated carbocycles. The van der Waals surface area contributed by atoms with Crippen molar-refractivity contribution in [1.29, 1.82) is 0 Å². The van der Waals surface area contributed by atoms with Crippen LogP contribution >= 0.6 is 0 Å². The Morgan fingerprint density at radius 1 is 1.24 bits per heavy atom. The molecule has 1 saturated heterocycles. The summed E-state index contributed by atoms with van der Waals surface area (Å²) in [6.07, 6.45) is 3.72. The van der Waals surface area contributed by atoms with E-state index in [4.69, 9.17) is 0 Å². The SMILES string of the molecule is CC(C)c1cc(C(=O)N2CCCC2C(=O)NC2CC2)nn1C(C)(C)C. The quantitative estimate of drug-likeness (QED) is 0.911. The highest BCUT2D eigenvalue weighted by molar-refractivity contribution is 5.96. The maximum Gasteiger partial charge on any atom is 0.275 e. The number of nitrogens with one attached hydrogen (secondary N) is 1. The lowest BCUT2D eigenvalue weighted by atomic mass is 10.1. The molecule has 6 heteroatoms. The highest BCUT2D eigenvalue weighted by atomic mass is 16.2. The van der Waals surface area contributed by atoms with E-state index in [1.807, 2.05) is 10.7 Å². The van der Waals surface area contributed by atoms with Crippen LogP contribution in [0.1, 0.15) is 82.4 Å². The minimum absolute atomic E-state index is 0.00677. The number of rotatable bonds is 4. The van der Waals surface area contributed by atoms with E-state index in [9.17, 15) is 9.59 Å². The van der Waals surface area contributed by atoms with Gasteiger partial charge < -0.3 is 10.2 Å². The van der Waals surface area contributed by atoms with Crippen molar-refractivity contribution in [2.24, 2.45) is 0 Å². The van der Waals surface area contributed by atoms with Crippen LogP contribution < -0.4 is 5.32 Å². The van der Waals surface area contributed by atoms with Crippen molar-refractivity contribution >= 4 is 11.8 Å². The van der Waals surface area contributed by atoms with Crippen LogP contribution in [0.3, 0.4) is 0 Å². The molecule has 2 fully saturated rings. The molecular weight excluding hydrogens is 316 g/mol. The van der Waals surface area contributed by atoms with Crippen molar-refractivity contribution in [3.8, 4) is 0 Å². The Labute approximate surface area is 149 Å². The van der Waals surface area contributed by atoms with E-state index in [2.05, 4.69) is 45.0 Å². The van der Waals surface area contributed by atoms with Crippen LogP contribution in [0.25, 0.3) is 0 Å². The van der Waals surface area contributed by atoms with E-state index in [-0.39, 0.29) is 29.3 Å². The largest absolute Gasteiger partial charge is 0.352 e. The summed E-state index contributed by atoms with van der Waals surface area (Å²) in [5, 5.41) is 7.64. The molecular formula is C19H30N4O2. The minimum atomic E-state index is -0.351. The second-order valence-corrected chi connectivity index (χ2v) is 8.63. The molecule has 1 aromatic rings. The molecule has 1 N–H and O–H groups in total. The molecule has 3 rings (SSSR count). The predicted molar refractivity (Wildman–Crippen MR) is 96.5 cm³/mol. The third-order valence-electron chi connectivity index (χ3n) is 4.92. The first-order chi connectivity index (χ1) is 11.7. The smallest absolute Gasteiger partial charge is 0.275 e. The number of carbonyl (C=O) groups is 2. The van der Waals surface area contributed by atoms with Gasteiger partial charge in [-0.2, -0.15) is 5.10 Å². The molecule has 6 nitrogen and oxygen atoms in total. The van der Waals surface area contributed by atoms with Crippen LogP contribution in [-0.2, 0) is 10.3 Å². The average molecular weight is 346 g/mol. The molecule has 0 bridgehead atoms. The van der Waals surface area contributed by atoms with Gasteiger partial charge in [0.25, 0.3) is 5.91 Å². The third-order valence-corrected chi connectivity index (χ3v) is 4.92. The summed E-state index contributed by atoms with van der Waals surface area (Å²) in [7, 11) is 0. The Bertz CT molecular complexity index is 667. The average Bonchev–Trinajstić information content (AvgIpc) is 3.06. The second kappa shape index (κ2) is 6.46. The molecule has 0 aromatic carbocycles. The second-order valence-electron chi connectivity index (χ2n) is 8.63. The number of aromatic nitrogens is 2. The van der Waals surface area contributed by atoms with Gasteiger partial charge in [0, 0.05) is 18.3 Å². The minimum Gasteiger partial charge on any atom is -0.352 e. The van der Waals surface area contributed by atoms with E-state index < -0.39 is 0 Å². The molecule has 1 atom stereocenters. The summed E-state index contributed by atoms with van der Waals surface area (Å²) in [4.78, 5) is 27.2. The van der Waals surface area contributed by atoms with Gasteiger partial charge in [0.2, 0.25) is 5.91 Å². The monoisotopic (exact) mass is 346 g/mol. The normalized spacial score (nSPS) is 21.0. The number of likely N-dealkylation sites (tertiary alicyclic amines) is 1. The molecule has 0 spiro atoms. The summed E-state index contributed by atoms with van der Waals surface area (Å²) in [5.41, 5.74) is 1.31. The van der Waals surface area contributed by atoms with Crippen LogP contribution in [0, 0.1) is 0 Å². The summed E-state index contributed by atoms with van der Waals surface area (Å²) in [5.74, 6) is 0.145. The van der Waals surface area contributed by atoms with Gasteiger partial charge in [0.05, 0.1) is 5.54 Å². The van der Waals surface area contributed by atoms with E-state index in [0.29, 0.717) is 18.3 Å². The van der Waals surface area contributed by atoms with Gasteiger partial charge in [-0.05, 0) is 58.4 Å². The van der Waals surface area contributed by atoms with Crippen molar-refractivity contribution in [1.82, 2.24) is 20.0 Å². The Hall–Kier alpha value is -1.85. The standard InChI is InChI=1S/C19H30N4O2/c1-12(2)16-11-14(21-23(16)19(3,4)5)18(25)22-10-6-7-15(22)17(24)20-13-8-9-13/h11-13,15H,6-10H2,1-5H3,(H,20,24). The Balaban J connectivity index is 1.83. The molecule has 0 radical (unpaired) electrons. The van der Waals surface area contributed by atoms with Crippen LogP contribution in [0.4, 0.5) is 0 Å². The molecule has 138 valence electrons. The number of amides is 2. The fourth-order valence-electron chi connectivity index (χ4n) is 3.40. The summed E-state index contributed by atoms with van der Waals surface area (Å²) in [6, 6.07) is 1.86. The molecule has 2 heterocycles. The maximum atomic E-state index is 13.0. The van der Waals surface area contributed by atoms with Gasteiger partial charge in [-0.15, -0.1) is 0 Å². The van der Waals surface area contributed by atoms with Crippen LogP contribution in [-0.4, -0.2) is 45.1 Å². The fourth-order valence-corrected chi connectivity index (χ4v) is 3.40. The lowest BCUT2D eigenvalue weighted by Crippen LogP contribution is -2.46. The number of hydrogen-bond donors (Lipinski definition) is 1. The first-order valence-corrected chi connectivity index (χ1v) is 9.40. The predicted octanol–water partition coefficient (Wildman–Crippen LogP) is 2.64. The lowest BCUT2D eigenvalue weighted by molar-refractivity contribution is -0.125. The molecule has 2 amide bonds. The van der Waals surface area contributed by atoms with Crippen LogP contribution in [0.2, 0.25) is 0 Å². The van der Waals surface area contributed by atoms with Crippen LogP contribution in [0.15, 0.2) is 6.07 Å². The first-order valence-electron chi connectivity index (χ1n) is 9.40. The third kappa shape index (κ3) is 3.72. The van der Waals surface area contributed by atoms with Crippen molar-refractivity contribution < 1.29 is 9.59 Å². The van der Waals surface area contributed by atoms with E-state index in [0.717, 1.165) is 31.4 Å². The Kier molecular flexibility index (Phi) is 4.64. The number of nitrogens with zero attached hydrogens (tertiary/aromatic N) is 3. The van der Waals surface area contributed by atoms with Crippen LogP contribution in [0.5, 0.6) is 0 Å². The number of carbonyl (C=O) groups excluding carboxylic acids is 2. The molecule has 2 aliphatic rings. The van der Waals surface area contributed by atoms with Gasteiger partial charge in [-0.25, -0.2) is 0 Å². The van der Waals surface area contributed by atoms with Crippen molar-refractivity contribution in [2.75, 3.05) is 6.54 Å².